The maximum atomic E-state index is 9.60. The molecule has 2 N–H and O–H groups in total. The maximum Gasteiger partial charge on any atom is 0.161 e. The molecule has 2 aromatic rings. The molecule has 4 heteroatoms. The van der Waals surface area contributed by atoms with Gasteiger partial charge in [0, 0.05) is 29.8 Å². The number of hydrogen-bond acceptors (Lipinski definition) is 4. The summed E-state index contributed by atoms with van der Waals surface area (Å²) in [5.41, 5.74) is 1.96. The van der Waals surface area contributed by atoms with Gasteiger partial charge in [0.25, 0.3) is 0 Å². The van der Waals surface area contributed by atoms with Crippen LogP contribution in [0.4, 0.5) is 5.82 Å². The molecule has 0 radical (unpaired) electrons. The molecule has 1 aliphatic carbocycles. The van der Waals surface area contributed by atoms with Gasteiger partial charge in [-0.1, -0.05) is 19.1 Å². The predicted octanol–water partition coefficient (Wildman–Crippen LogP) is 3.55. The fraction of sp³-hybridized carbons (Fsp3) is 0.375. The average Bonchev–Trinajstić information content (AvgIpc) is 3.29. The van der Waals surface area contributed by atoms with Crippen LogP contribution in [0.1, 0.15) is 37.8 Å². The van der Waals surface area contributed by atoms with Crippen LogP contribution in [0, 0.1) is 0 Å². The molecule has 4 nitrogen and oxygen atoms in total. The molecular weight excluding hydrogens is 250 g/mol. The van der Waals surface area contributed by atoms with Gasteiger partial charge in [0.2, 0.25) is 0 Å². The van der Waals surface area contributed by atoms with Crippen molar-refractivity contribution in [2.45, 2.75) is 32.1 Å². The summed E-state index contributed by atoms with van der Waals surface area (Å²) in [6.45, 7) is 3.03. The predicted molar refractivity (Wildman–Crippen MR) is 79.9 cm³/mol. The van der Waals surface area contributed by atoms with Crippen LogP contribution in [0.15, 0.2) is 30.3 Å². The molecule has 1 heterocycles. The number of hydrogen-bond donors (Lipinski definition) is 2. The Morgan fingerprint density at radius 3 is 2.80 bits per heavy atom. The zero-order valence-electron chi connectivity index (χ0n) is 11.6. The highest BCUT2D eigenvalue weighted by Crippen LogP contribution is 2.40. The normalized spacial score (nSPS) is 14.2. The first-order valence-corrected chi connectivity index (χ1v) is 7.18. The molecule has 0 bridgehead atoms. The smallest absolute Gasteiger partial charge is 0.161 e. The fourth-order valence-corrected chi connectivity index (χ4v) is 2.17. The summed E-state index contributed by atoms with van der Waals surface area (Å²) < 4.78 is 0. The quantitative estimate of drug-likeness (QED) is 0.871. The standard InChI is InChI=1S/C16H19N3O/c1-2-8-17-15-10-14(11-6-7-11)18-16(19-15)12-4-3-5-13(20)9-12/h3-5,9-11,20H,2,6-8H2,1H3,(H,17,18,19). The largest absolute Gasteiger partial charge is 0.508 e. The topological polar surface area (TPSA) is 58.0 Å². The van der Waals surface area contributed by atoms with Crippen molar-refractivity contribution in [1.29, 1.82) is 0 Å². The van der Waals surface area contributed by atoms with Crippen LogP contribution in [0.5, 0.6) is 5.75 Å². The van der Waals surface area contributed by atoms with Gasteiger partial charge in [-0.15, -0.1) is 0 Å². The lowest BCUT2D eigenvalue weighted by Crippen LogP contribution is -2.05. The van der Waals surface area contributed by atoms with E-state index in [4.69, 9.17) is 0 Å². The van der Waals surface area contributed by atoms with Crippen LogP contribution in [-0.4, -0.2) is 21.6 Å². The van der Waals surface area contributed by atoms with E-state index in [-0.39, 0.29) is 5.75 Å². The molecular formula is C16H19N3O. The lowest BCUT2D eigenvalue weighted by molar-refractivity contribution is 0.475. The van der Waals surface area contributed by atoms with Crippen LogP contribution in [-0.2, 0) is 0 Å². The van der Waals surface area contributed by atoms with E-state index in [1.807, 2.05) is 12.1 Å². The minimum absolute atomic E-state index is 0.242. The van der Waals surface area contributed by atoms with Crippen molar-refractivity contribution >= 4 is 5.82 Å². The number of benzene rings is 1. The molecule has 1 aromatic carbocycles. The fourth-order valence-electron chi connectivity index (χ4n) is 2.17. The third-order valence-electron chi connectivity index (χ3n) is 3.40. The summed E-state index contributed by atoms with van der Waals surface area (Å²) in [5.74, 6) is 2.38. The number of rotatable bonds is 5. The Balaban J connectivity index is 1.98. The second-order valence-electron chi connectivity index (χ2n) is 5.25. The molecule has 0 aliphatic heterocycles. The molecule has 0 amide bonds. The first-order valence-electron chi connectivity index (χ1n) is 7.18. The highest BCUT2D eigenvalue weighted by atomic mass is 16.3. The van der Waals surface area contributed by atoms with Gasteiger partial charge < -0.3 is 10.4 Å². The molecule has 0 atom stereocenters. The lowest BCUT2D eigenvalue weighted by Gasteiger charge is -2.09. The van der Waals surface area contributed by atoms with Gasteiger partial charge in [-0.2, -0.15) is 0 Å². The van der Waals surface area contributed by atoms with E-state index in [0.29, 0.717) is 11.7 Å². The highest BCUT2D eigenvalue weighted by Gasteiger charge is 2.26. The van der Waals surface area contributed by atoms with E-state index < -0.39 is 0 Å². The van der Waals surface area contributed by atoms with E-state index in [0.717, 1.165) is 30.0 Å². The van der Waals surface area contributed by atoms with E-state index in [1.165, 1.54) is 12.8 Å². The zero-order chi connectivity index (χ0) is 13.9. The summed E-state index contributed by atoms with van der Waals surface area (Å²) >= 11 is 0. The first-order chi connectivity index (χ1) is 9.76. The SMILES string of the molecule is CCCNc1cc(C2CC2)nc(-c2cccc(O)c2)n1. The third-order valence-corrected chi connectivity index (χ3v) is 3.40. The van der Waals surface area contributed by atoms with Gasteiger partial charge in [-0.25, -0.2) is 9.97 Å². The molecule has 1 aromatic heterocycles. The molecule has 1 aliphatic rings. The lowest BCUT2D eigenvalue weighted by atomic mass is 10.2. The molecule has 1 fully saturated rings. The van der Waals surface area contributed by atoms with E-state index in [2.05, 4.69) is 28.3 Å². The minimum Gasteiger partial charge on any atom is -0.508 e. The highest BCUT2D eigenvalue weighted by molar-refractivity contribution is 5.60. The summed E-state index contributed by atoms with van der Waals surface area (Å²) in [7, 11) is 0. The summed E-state index contributed by atoms with van der Waals surface area (Å²) in [6.07, 6.45) is 3.48. The van der Waals surface area contributed by atoms with Gasteiger partial charge in [-0.05, 0) is 31.4 Å². The van der Waals surface area contributed by atoms with Crippen molar-refractivity contribution in [3.63, 3.8) is 0 Å². The number of nitrogens with one attached hydrogen (secondary N) is 1. The number of phenols is 1. The third kappa shape index (κ3) is 2.90. The van der Waals surface area contributed by atoms with Crippen molar-refractivity contribution in [2.24, 2.45) is 0 Å². The van der Waals surface area contributed by atoms with E-state index in [1.54, 1.807) is 12.1 Å². The van der Waals surface area contributed by atoms with Crippen LogP contribution in [0.25, 0.3) is 11.4 Å². The average molecular weight is 269 g/mol. The molecule has 104 valence electrons. The molecule has 0 spiro atoms. The van der Waals surface area contributed by atoms with Crippen LogP contribution >= 0.6 is 0 Å². The monoisotopic (exact) mass is 269 g/mol. The van der Waals surface area contributed by atoms with Crippen molar-refractivity contribution in [2.75, 3.05) is 11.9 Å². The Morgan fingerprint density at radius 2 is 2.10 bits per heavy atom. The maximum absolute atomic E-state index is 9.60. The van der Waals surface area contributed by atoms with E-state index >= 15 is 0 Å². The van der Waals surface area contributed by atoms with Crippen LogP contribution in [0.2, 0.25) is 0 Å². The van der Waals surface area contributed by atoms with Gasteiger partial charge in [0.1, 0.15) is 11.6 Å². The summed E-state index contributed by atoms with van der Waals surface area (Å²) in [4.78, 5) is 9.21. The van der Waals surface area contributed by atoms with Crippen molar-refractivity contribution in [3.05, 3.63) is 36.0 Å². The van der Waals surface area contributed by atoms with Crippen LogP contribution < -0.4 is 5.32 Å². The Morgan fingerprint density at radius 1 is 1.25 bits per heavy atom. The second-order valence-corrected chi connectivity index (χ2v) is 5.25. The Kier molecular flexibility index (Phi) is 3.54. The number of phenolic OH excluding ortho intramolecular Hbond substituents is 1. The van der Waals surface area contributed by atoms with Crippen molar-refractivity contribution in [1.82, 2.24) is 9.97 Å². The summed E-state index contributed by atoms with van der Waals surface area (Å²) in [6, 6.07) is 9.16. The Bertz CT molecular complexity index is 608. The van der Waals surface area contributed by atoms with Crippen LogP contribution in [0.3, 0.4) is 0 Å². The molecule has 20 heavy (non-hydrogen) atoms. The number of aromatic nitrogens is 2. The van der Waals surface area contributed by atoms with E-state index in [9.17, 15) is 5.11 Å². The second kappa shape index (κ2) is 5.49. The Hall–Kier alpha value is -2.10. The number of aromatic hydroxyl groups is 1. The Labute approximate surface area is 118 Å². The zero-order valence-corrected chi connectivity index (χ0v) is 11.6. The van der Waals surface area contributed by atoms with Gasteiger partial charge in [0.15, 0.2) is 5.82 Å². The number of nitrogens with zero attached hydrogens (tertiary/aromatic N) is 2. The minimum atomic E-state index is 0.242. The van der Waals surface area contributed by atoms with Crippen molar-refractivity contribution in [3.8, 4) is 17.1 Å². The molecule has 0 unspecified atom stereocenters. The van der Waals surface area contributed by atoms with Gasteiger partial charge >= 0.3 is 0 Å². The number of anilines is 1. The van der Waals surface area contributed by atoms with Gasteiger partial charge in [-0.3, -0.25) is 0 Å². The molecule has 1 saturated carbocycles. The van der Waals surface area contributed by atoms with Gasteiger partial charge in [0.05, 0.1) is 0 Å². The first kappa shape index (κ1) is 12.9. The molecule has 3 rings (SSSR count). The summed E-state index contributed by atoms with van der Waals surface area (Å²) in [5, 5.41) is 12.9. The van der Waals surface area contributed by atoms with Crippen molar-refractivity contribution < 1.29 is 5.11 Å². The molecule has 0 saturated heterocycles.